The lowest BCUT2D eigenvalue weighted by Gasteiger charge is -2.22. The summed E-state index contributed by atoms with van der Waals surface area (Å²) in [5, 5.41) is 5.93. The molecule has 0 aliphatic carbocycles. The number of nitrogens with one attached hydrogen (secondary N) is 2. The predicted octanol–water partition coefficient (Wildman–Crippen LogP) is 4.94. The molecule has 1 unspecified atom stereocenters. The number of fused-ring (bicyclic) bond motifs is 1. The van der Waals surface area contributed by atoms with Crippen molar-refractivity contribution in [2.24, 2.45) is 5.92 Å². The van der Waals surface area contributed by atoms with E-state index in [1.807, 2.05) is 38.1 Å². The Morgan fingerprint density at radius 3 is 2.29 bits per heavy atom. The molecule has 3 aromatic carbocycles. The zero-order valence-electron chi connectivity index (χ0n) is 19.0. The quantitative estimate of drug-likeness (QED) is 0.530. The van der Waals surface area contributed by atoms with Crippen LogP contribution >= 0.6 is 11.6 Å². The highest BCUT2D eigenvalue weighted by atomic mass is 35.5. The van der Waals surface area contributed by atoms with E-state index in [0.29, 0.717) is 28.4 Å². The average molecular weight is 476 g/mol. The zero-order chi connectivity index (χ0) is 24.2. The van der Waals surface area contributed by atoms with Gasteiger partial charge in [-0.3, -0.25) is 14.4 Å². The molecule has 0 fully saturated rings. The molecule has 0 aromatic heterocycles. The van der Waals surface area contributed by atoms with E-state index in [9.17, 15) is 14.4 Å². The van der Waals surface area contributed by atoms with Gasteiger partial charge in [0.25, 0.3) is 11.8 Å². The first-order valence-corrected chi connectivity index (χ1v) is 11.6. The van der Waals surface area contributed by atoms with Gasteiger partial charge in [0, 0.05) is 23.5 Å². The van der Waals surface area contributed by atoms with Crippen molar-refractivity contribution in [2.45, 2.75) is 26.3 Å². The van der Waals surface area contributed by atoms with Gasteiger partial charge >= 0.3 is 0 Å². The molecular weight excluding hydrogens is 450 g/mol. The van der Waals surface area contributed by atoms with E-state index < -0.39 is 11.9 Å². The number of benzene rings is 3. The van der Waals surface area contributed by atoms with Crippen LogP contribution in [0.2, 0.25) is 5.02 Å². The summed E-state index contributed by atoms with van der Waals surface area (Å²) < 4.78 is 0. The number of amides is 3. The van der Waals surface area contributed by atoms with Gasteiger partial charge in [0.1, 0.15) is 6.04 Å². The third-order valence-electron chi connectivity index (χ3n) is 5.89. The molecule has 1 atom stereocenters. The maximum Gasteiger partial charge on any atom is 0.258 e. The molecule has 7 heteroatoms. The highest BCUT2D eigenvalue weighted by Gasteiger charge is 2.27. The van der Waals surface area contributed by atoms with Crippen LogP contribution in [0.15, 0.2) is 72.8 Å². The molecule has 1 aliphatic heterocycles. The van der Waals surface area contributed by atoms with Crippen LogP contribution in [0, 0.1) is 5.92 Å². The van der Waals surface area contributed by atoms with Crippen molar-refractivity contribution in [2.75, 3.05) is 16.8 Å². The summed E-state index contributed by atoms with van der Waals surface area (Å²) in [4.78, 5) is 40.4. The lowest BCUT2D eigenvalue weighted by atomic mass is 10.0. The molecule has 3 aromatic rings. The minimum Gasteiger partial charge on any atom is -0.340 e. The number of anilines is 2. The smallest absolute Gasteiger partial charge is 0.258 e. The first-order valence-electron chi connectivity index (χ1n) is 11.2. The monoisotopic (exact) mass is 475 g/mol. The zero-order valence-corrected chi connectivity index (χ0v) is 19.8. The third-order valence-corrected chi connectivity index (χ3v) is 6.22. The summed E-state index contributed by atoms with van der Waals surface area (Å²) in [5.41, 5.74) is 3.51. The van der Waals surface area contributed by atoms with E-state index in [2.05, 4.69) is 10.6 Å². The van der Waals surface area contributed by atoms with Gasteiger partial charge in [0.2, 0.25) is 5.91 Å². The Kier molecular flexibility index (Phi) is 6.98. The highest BCUT2D eigenvalue weighted by Crippen LogP contribution is 2.29. The number of nitrogens with zero attached hydrogens (tertiary/aromatic N) is 1. The van der Waals surface area contributed by atoms with E-state index in [0.717, 1.165) is 12.1 Å². The van der Waals surface area contributed by atoms with Crippen molar-refractivity contribution in [3.8, 4) is 0 Å². The van der Waals surface area contributed by atoms with Gasteiger partial charge in [-0.15, -0.1) is 0 Å². The van der Waals surface area contributed by atoms with Gasteiger partial charge in [0.05, 0.1) is 10.6 Å². The number of carbonyl (C=O) groups is 3. The maximum absolute atomic E-state index is 13.0. The average Bonchev–Trinajstić information content (AvgIpc) is 3.26. The van der Waals surface area contributed by atoms with Crippen molar-refractivity contribution in [1.82, 2.24) is 5.32 Å². The molecule has 34 heavy (non-hydrogen) atoms. The number of hydrogen-bond donors (Lipinski definition) is 2. The number of para-hydroxylation sites is 1. The minimum atomic E-state index is -0.758. The second kappa shape index (κ2) is 10.1. The largest absolute Gasteiger partial charge is 0.340 e. The Morgan fingerprint density at radius 2 is 1.59 bits per heavy atom. The van der Waals surface area contributed by atoms with Crippen molar-refractivity contribution in [3.63, 3.8) is 0 Å². The van der Waals surface area contributed by atoms with Crippen molar-refractivity contribution in [3.05, 3.63) is 94.5 Å². The highest BCUT2D eigenvalue weighted by molar-refractivity contribution is 6.33. The molecule has 0 radical (unpaired) electrons. The van der Waals surface area contributed by atoms with E-state index >= 15 is 0 Å². The topological polar surface area (TPSA) is 78.5 Å². The van der Waals surface area contributed by atoms with Crippen LogP contribution in [0.3, 0.4) is 0 Å². The van der Waals surface area contributed by atoms with Gasteiger partial charge in [-0.05, 0) is 60.4 Å². The molecule has 0 bridgehead atoms. The maximum atomic E-state index is 13.0. The standard InChI is InChI=1S/C27H26ClN3O3/c1-17(2)24(30-25(32)21-8-4-5-9-22(21)28)26(33)29-20-13-11-19(12-14-20)27(34)31-16-15-18-7-3-6-10-23(18)31/h3-14,17,24H,15-16H2,1-2H3,(H,29,33)(H,30,32). The minimum absolute atomic E-state index is 0.0742. The van der Waals surface area contributed by atoms with Crippen molar-refractivity contribution in [1.29, 1.82) is 0 Å². The lowest BCUT2D eigenvalue weighted by Crippen LogP contribution is -2.47. The fraction of sp³-hybridized carbons (Fsp3) is 0.222. The first kappa shape index (κ1) is 23.5. The molecule has 2 N–H and O–H groups in total. The van der Waals surface area contributed by atoms with Crippen molar-refractivity contribution >= 4 is 40.7 Å². The van der Waals surface area contributed by atoms with Crippen LogP contribution in [0.1, 0.15) is 40.1 Å². The number of rotatable bonds is 6. The summed E-state index contributed by atoms with van der Waals surface area (Å²) in [5.74, 6) is -0.980. The van der Waals surface area contributed by atoms with Crippen LogP contribution in [-0.4, -0.2) is 30.3 Å². The van der Waals surface area contributed by atoms with Crippen LogP contribution in [0.5, 0.6) is 0 Å². The Morgan fingerprint density at radius 1 is 0.912 bits per heavy atom. The van der Waals surface area contributed by atoms with Crippen LogP contribution in [0.25, 0.3) is 0 Å². The van der Waals surface area contributed by atoms with Crippen LogP contribution in [-0.2, 0) is 11.2 Å². The van der Waals surface area contributed by atoms with Crippen LogP contribution in [0.4, 0.5) is 11.4 Å². The normalized spacial score (nSPS) is 13.4. The van der Waals surface area contributed by atoms with Crippen molar-refractivity contribution < 1.29 is 14.4 Å². The fourth-order valence-corrected chi connectivity index (χ4v) is 4.24. The van der Waals surface area contributed by atoms with Gasteiger partial charge < -0.3 is 15.5 Å². The summed E-state index contributed by atoms with van der Waals surface area (Å²) in [6, 6.07) is 20.6. The van der Waals surface area contributed by atoms with E-state index in [1.54, 1.807) is 53.4 Å². The van der Waals surface area contributed by atoms with Crippen LogP contribution < -0.4 is 15.5 Å². The number of carbonyl (C=O) groups excluding carboxylic acids is 3. The Labute approximate surface area is 203 Å². The van der Waals surface area contributed by atoms with E-state index in [-0.39, 0.29) is 17.7 Å². The predicted molar refractivity (Wildman–Crippen MR) is 134 cm³/mol. The SMILES string of the molecule is CC(C)C(NC(=O)c1ccccc1Cl)C(=O)Nc1ccc(C(=O)N2CCc3ccccc32)cc1. The molecule has 4 rings (SSSR count). The summed E-state index contributed by atoms with van der Waals surface area (Å²) in [6.45, 7) is 4.36. The molecule has 0 spiro atoms. The molecule has 6 nitrogen and oxygen atoms in total. The lowest BCUT2D eigenvalue weighted by molar-refractivity contribution is -0.118. The summed E-state index contributed by atoms with van der Waals surface area (Å²) in [6.07, 6.45) is 0.840. The molecule has 0 saturated carbocycles. The van der Waals surface area contributed by atoms with E-state index in [4.69, 9.17) is 11.6 Å². The number of hydrogen-bond acceptors (Lipinski definition) is 3. The molecular formula is C27H26ClN3O3. The van der Waals surface area contributed by atoms with Gasteiger partial charge in [-0.2, -0.15) is 0 Å². The third kappa shape index (κ3) is 4.97. The molecule has 1 aliphatic rings. The molecule has 174 valence electrons. The summed E-state index contributed by atoms with van der Waals surface area (Å²) >= 11 is 6.11. The Bertz CT molecular complexity index is 1220. The van der Waals surface area contributed by atoms with Gasteiger partial charge in [-0.25, -0.2) is 0 Å². The molecule has 0 saturated heterocycles. The summed E-state index contributed by atoms with van der Waals surface area (Å²) in [7, 11) is 0. The second-order valence-electron chi connectivity index (χ2n) is 8.58. The second-order valence-corrected chi connectivity index (χ2v) is 8.98. The first-order chi connectivity index (χ1) is 16.3. The molecule has 3 amide bonds. The number of halogens is 1. The molecule has 1 heterocycles. The van der Waals surface area contributed by atoms with Gasteiger partial charge in [-0.1, -0.05) is 55.8 Å². The van der Waals surface area contributed by atoms with Gasteiger partial charge in [0.15, 0.2) is 0 Å². The fourth-order valence-electron chi connectivity index (χ4n) is 4.02. The Balaban J connectivity index is 1.42. The Hall–Kier alpha value is -3.64. The van der Waals surface area contributed by atoms with E-state index in [1.165, 1.54) is 5.56 Å².